The van der Waals surface area contributed by atoms with Gasteiger partial charge in [0.05, 0.1) is 11.4 Å². The van der Waals surface area contributed by atoms with Gasteiger partial charge in [-0.25, -0.2) is 4.99 Å². The number of hydrogen-bond acceptors (Lipinski definition) is 2. The van der Waals surface area contributed by atoms with Crippen LogP contribution in [0.1, 0.15) is 13.3 Å². The molecule has 0 saturated carbocycles. The molecule has 11 heavy (non-hydrogen) atoms. The molecule has 0 radical (unpaired) electrons. The molecule has 2 nitrogen and oxygen atoms in total. The summed E-state index contributed by atoms with van der Waals surface area (Å²) in [6, 6.07) is 0. The summed E-state index contributed by atoms with van der Waals surface area (Å²) in [6.07, 6.45) is 2.57. The summed E-state index contributed by atoms with van der Waals surface area (Å²) in [4.78, 5) is 5.09. The molecule has 0 bridgehead atoms. The average molecular weight is 170 g/mol. The molecular formula is C8H14N2S. The Balaban J connectivity index is 3.69. The van der Waals surface area contributed by atoms with E-state index >= 15 is 0 Å². The normalized spacial score (nSPS) is 10.0. The van der Waals surface area contributed by atoms with Gasteiger partial charge in [0, 0.05) is 7.05 Å². The van der Waals surface area contributed by atoms with Gasteiger partial charge in [-0.15, -0.1) is 0 Å². The van der Waals surface area contributed by atoms with Crippen LogP contribution in [-0.4, -0.2) is 13.4 Å². The van der Waals surface area contributed by atoms with Crippen LogP contribution >= 0.6 is 11.8 Å². The molecule has 62 valence electrons. The number of nitrogens with zero attached hydrogens (tertiary/aromatic N) is 1. The van der Waals surface area contributed by atoms with Crippen molar-refractivity contribution in [2.45, 2.75) is 13.3 Å². The minimum atomic E-state index is 0.770. The van der Waals surface area contributed by atoms with Crippen LogP contribution in [0.15, 0.2) is 28.1 Å². The maximum absolute atomic E-state index is 4.00. The van der Waals surface area contributed by atoms with E-state index in [0.29, 0.717) is 0 Å². The first-order valence-electron chi connectivity index (χ1n) is 3.45. The highest BCUT2D eigenvalue weighted by atomic mass is 32.2. The minimum Gasteiger partial charge on any atom is -0.379 e. The van der Waals surface area contributed by atoms with Gasteiger partial charge in [-0.3, -0.25) is 0 Å². The van der Waals surface area contributed by atoms with Gasteiger partial charge in [0.2, 0.25) is 0 Å². The van der Waals surface area contributed by atoms with Crippen molar-refractivity contribution in [3.8, 4) is 0 Å². The minimum absolute atomic E-state index is 0.770. The van der Waals surface area contributed by atoms with Gasteiger partial charge >= 0.3 is 0 Å². The first-order valence-corrected chi connectivity index (χ1v) is 4.26. The molecule has 0 unspecified atom stereocenters. The van der Waals surface area contributed by atoms with Gasteiger partial charge < -0.3 is 5.32 Å². The van der Waals surface area contributed by atoms with Gasteiger partial charge in [-0.2, -0.15) is 0 Å². The maximum atomic E-state index is 4.00. The molecule has 1 N–H and O–H groups in total. The lowest BCUT2D eigenvalue weighted by molar-refractivity contribution is 1.20. The molecule has 0 aromatic carbocycles. The fourth-order valence-electron chi connectivity index (χ4n) is 0.402. The van der Waals surface area contributed by atoms with E-state index in [9.17, 15) is 0 Å². The summed E-state index contributed by atoms with van der Waals surface area (Å²) >= 11 is 1.51. The van der Waals surface area contributed by atoms with Gasteiger partial charge in [0.15, 0.2) is 0 Å². The largest absolute Gasteiger partial charge is 0.379 e. The smallest absolute Gasteiger partial charge is 0.0950 e. The second-order valence-electron chi connectivity index (χ2n) is 1.93. The van der Waals surface area contributed by atoms with Crippen molar-refractivity contribution in [3.05, 3.63) is 23.1 Å². The highest BCUT2D eigenvalue weighted by Gasteiger charge is 1.93. The Hall–Kier alpha value is -0.700. The van der Waals surface area contributed by atoms with Crippen molar-refractivity contribution < 1.29 is 0 Å². The first-order chi connectivity index (χ1) is 5.20. The van der Waals surface area contributed by atoms with E-state index < -0.39 is 0 Å². The molecule has 0 aromatic heterocycles. The Morgan fingerprint density at radius 3 is 2.73 bits per heavy atom. The topological polar surface area (TPSA) is 24.4 Å². The number of rotatable bonds is 5. The lowest BCUT2D eigenvalue weighted by atomic mass is 10.5. The molecule has 0 heterocycles. The quantitative estimate of drug-likeness (QED) is 0.506. The summed E-state index contributed by atoms with van der Waals surface area (Å²) in [6.45, 7) is 9.63. The molecule has 0 aliphatic heterocycles. The zero-order valence-electron chi connectivity index (χ0n) is 7.05. The lowest BCUT2D eigenvalue weighted by Crippen LogP contribution is -1.99. The molecule has 0 aliphatic rings. The number of allylic oxidation sites excluding steroid dienone is 1. The molecule has 0 spiro atoms. The lowest BCUT2D eigenvalue weighted by Gasteiger charge is -1.99. The van der Waals surface area contributed by atoms with Crippen molar-refractivity contribution in [2.75, 3.05) is 7.05 Å². The molecular weight excluding hydrogens is 156 g/mol. The second kappa shape index (κ2) is 6.04. The van der Waals surface area contributed by atoms with Crippen molar-refractivity contribution >= 4 is 18.1 Å². The predicted molar refractivity (Wildman–Crippen MR) is 53.7 cm³/mol. The van der Waals surface area contributed by atoms with Crippen LogP contribution in [0.3, 0.4) is 0 Å². The summed E-state index contributed by atoms with van der Waals surface area (Å²) in [5, 5.41) is 3.56. The standard InChI is InChI=1S/C8H14N2S/c1-5-7(2)11-8(3)10-6-9-4/h6H,2-3,5H2,1,4H3,(H,9,10). The van der Waals surface area contributed by atoms with Crippen LogP contribution in [0, 0.1) is 0 Å². The van der Waals surface area contributed by atoms with Crippen LogP contribution in [0.2, 0.25) is 0 Å². The van der Waals surface area contributed by atoms with E-state index in [1.807, 2.05) is 0 Å². The summed E-state index contributed by atoms with van der Waals surface area (Å²) in [5.74, 6) is 0. The van der Waals surface area contributed by atoms with Crippen LogP contribution < -0.4 is 5.32 Å². The zero-order chi connectivity index (χ0) is 8.69. The molecule has 0 aromatic rings. The van der Waals surface area contributed by atoms with E-state index in [1.165, 1.54) is 11.8 Å². The van der Waals surface area contributed by atoms with E-state index in [2.05, 4.69) is 30.4 Å². The summed E-state index contributed by atoms with van der Waals surface area (Å²) < 4.78 is 0. The SMILES string of the molecule is C=C(CC)SC(=C)/N=C\NC. The van der Waals surface area contributed by atoms with Gasteiger partial charge in [0.25, 0.3) is 0 Å². The van der Waals surface area contributed by atoms with E-state index in [1.54, 1.807) is 13.4 Å². The molecule has 0 fully saturated rings. The molecule has 0 aliphatic carbocycles. The van der Waals surface area contributed by atoms with Gasteiger partial charge in [-0.05, 0) is 11.3 Å². The maximum Gasteiger partial charge on any atom is 0.0950 e. The second-order valence-corrected chi connectivity index (χ2v) is 3.19. The molecule has 3 heteroatoms. The third-order valence-electron chi connectivity index (χ3n) is 0.994. The fraction of sp³-hybridized carbons (Fsp3) is 0.375. The highest BCUT2D eigenvalue weighted by molar-refractivity contribution is 8.06. The number of thioether (sulfide) groups is 1. The molecule has 0 saturated heterocycles. The van der Waals surface area contributed by atoms with Crippen LogP contribution in [0.5, 0.6) is 0 Å². The van der Waals surface area contributed by atoms with Crippen molar-refractivity contribution in [2.24, 2.45) is 4.99 Å². The molecule has 0 rings (SSSR count). The average Bonchev–Trinajstić information content (AvgIpc) is 2.00. The highest BCUT2D eigenvalue weighted by Crippen LogP contribution is 2.24. The van der Waals surface area contributed by atoms with E-state index in [0.717, 1.165) is 16.4 Å². The third-order valence-corrected chi connectivity index (χ3v) is 1.91. The molecule has 0 amide bonds. The van der Waals surface area contributed by atoms with Crippen LogP contribution in [-0.2, 0) is 0 Å². The predicted octanol–water partition coefficient (Wildman–Crippen LogP) is 2.36. The number of hydrogen-bond donors (Lipinski definition) is 1. The monoisotopic (exact) mass is 170 g/mol. The van der Waals surface area contributed by atoms with Crippen LogP contribution in [0.4, 0.5) is 0 Å². The third kappa shape index (κ3) is 5.73. The fourth-order valence-corrected chi connectivity index (χ4v) is 0.985. The Morgan fingerprint density at radius 2 is 2.27 bits per heavy atom. The number of nitrogens with one attached hydrogen (secondary N) is 1. The zero-order valence-corrected chi connectivity index (χ0v) is 7.87. The van der Waals surface area contributed by atoms with Crippen molar-refractivity contribution in [1.29, 1.82) is 0 Å². The van der Waals surface area contributed by atoms with Gasteiger partial charge in [0.1, 0.15) is 0 Å². The first kappa shape index (κ1) is 10.3. The Bertz CT molecular complexity index is 173. The van der Waals surface area contributed by atoms with Crippen molar-refractivity contribution in [1.82, 2.24) is 5.32 Å². The summed E-state index contributed by atoms with van der Waals surface area (Å²) in [7, 11) is 1.80. The van der Waals surface area contributed by atoms with Gasteiger partial charge in [-0.1, -0.05) is 31.8 Å². The van der Waals surface area contributed by atoms with E-state index in [-0.39, 0.29) is 0 Å². The van der Waals surface area contributed by atoms with E-state index in [4.69, 9.17) is 0 Å². The number of aliphatic imine (C=N–C) groups is 1. The molecule has 0 atom stereocenters. The Morgan fingerprint density at radius 1 is 1.64 bits per heavy atom. The van der Waals surface area contributed by atoms with Crippen LogP contribution in [0.25, 0.3) is 0 Å². The Labute approximate surface area is 72.5 Å². The van der Waals surface area contributed by atoms with Crippen molar-refractivity contribution in [3.63, 3.8) is 0 Å². The summed E-state index contributed by atoms with van der Waals surface area (Å²) in [5.41, 5.74) is 0. The Kier molecular flexibility index (Phi) is 5.65.